The lowest BCUT2D eigenvalue weighted by Gasteiger charge is -2.08. The molecule has 0 bridgehead atoms. The van der Waals surface area contributed by atoms with Gasteiger partial charge in [-0.3, -0.25) is 0 Å². The summed E-state index contributed by atoms with van der Waals surface area (Å²) in [5, 5.41) is 1.99. The Kier molecular flexibility index (Phi) is 3.38. The molecule has 5 heteroatoms. The molecule has 0 saturated carbocycles. The average molecular weight is 305 g/mol. The predicted octanol–water partition coefficient (Wildman–Crippen LogP) is 4.92. The maximum atomic E-state index is 6.06. The topological polar surface area (TPSA) is 48.1 Å². The molecule has 2 aromatic carbocycles. The summed E-state index contributed by atoms with van der Waals surface area (Å²) in [5.74, 6) is 0.924. The van der Waals surface area contributed by atoms with Crippen molar-refractivity contribution < 1.29 is 4.74 Å². The number of aromatic nitrogens is 1. The fourth-order valence-electron chi connectivity index (χ4n) is 1.85. The lowest BCUT2D eigenvalue weighted by molar-refractivity contribution is 0.465. The average Bonchev–Trinajstić information content (AvgIpc) is 2.43. The number of hydrogen-bond acceptors (Lipinski definition) is 3. The van der Waals surface area contributed by atoms with Crippen LogP contribution in [0.5, 0.6) is 11.6 Å². The molecule has 3 aromatic rings. The van der Waals surface area contributed by atoms with Gasteiger partial charge in [-0.2, -0.15) is 0 Å². The van der Waals surface area contributed by atoms with Crippen LogP contribution in [0.1, 0.15) is 0 Å². The van der Waals surface area contributed by atoms with Gasteiger partial charge in [0.2, 0.25) is 5.88 Å². The summed E-state index contributed by atoms with van der Waals surface area (Å²) in [6.45, 7) is 0. The van der Waals surface area contributed by atoms with Gasteiger partial charge in [-0.05, 0) is 36.4 Å². The van der Waals surface area contributed by atoms with E-state index in [0.717, 1.165) is 10.9 Å². The van der Waals surface area contributed by atoms with Crippen LogP contribution in [0, 0.1) is 0 Å². The third-order valence-corrected chi connectivity index (χ3v) is 3.34. The van der Waals surface area contributed by atoms with Gasteiger partial charge >= 0.3 is 0 Å². The number of anilines is 1. The molecule has 0 unspecified atom stereocenters. The fraction of sp³-hybridized carbons (Fsp3) is 0. The maximum Gasteiger partial charge on any atom is 0.219 e. The number of halogens is 2. The van der Waals surface area contributed by atoms with E-state index in [4.69, 9.17) is 33.7 Å². The highest BCUT2D eigenvalue weighted by atomic mass is 35.5. The van der Waals surface area contributed by atoms with Crippen LogP contribution in [0.2, 0.25) is 10.0 Å². The van der Waals surface area contributed by atoms with E-state index in [1.807, 2.05) is 18.2 Å². The third-order valence-electron chi connectivity index (χ3n) is 2.80. The van der Waals surface area contributed by atoms with Gasteiger partial charge in [-0.1, -0.05) is 23.2 Å². The molecule has 0 amide bonds. The van der Waals surface area contributed by atoms with Crippen LogP contribution in [0.3, 0.4) is 0 Å². The molecule has 2 N–H and O–H groups in total. The van der Waals surface area contributed by atoms with E-state index in [0.29, 0.717) is 27.4 Å². The lowest BCUT2D eigenvalue weighted by atomic mass is 10.2. The zero-order valence-electron chi connectivity index (χ0n) is 10.3. The molecule has 0 aliphatic carbocycles. The first-order valence-corrected chi connectivity index (χ1v) is 6.66. The van der Waals surface area contributed by atoms with Gasteiger partial charge in [0.15, 0.2) is 0 Å². The van der Waals surface area contributed by atoms with Crippen molar-refractivity contribution in [3.05, 3.63) is 58.6 Å². The number of ether oxygens (including phenoxy) is 1. The van der Waals surface area contributed by atoms with E-state index in [1.54, 1.807) is 30.3 Å². The molecule has 100 valence electrons. The van der Waals surface area contributed by atoms with Crippen molar-refractivity contribution in [2.24, 2.45) is 0 Å². The molecular weight excluding hydrogens is 295 g/mol. The molecule has 20 heavy (non-hydrogen) atoms. The molecule has 3 rings (SSSR count). The standard InChI is InChI=1S/C15H10Cl2N2O/c16-10-2-4-12(17)14(8-10)20-15-6-1-9-7-11(18)3-5-13(9)19-15/h1-8H,18H2. The van der Waals surface area contributed by atoms with Crippen molar-refractivity contribution in [1.29, 1.82) is 0 Å². The Morgan fingerprint density at radius 2 is 1.80 bits per heavy atom. The van der Waals surface area contributed by atoms with Crippen molar-refractivity contribution in [3.8, 4) is 11.6 Å². The number of hydrogen-bond donors (Lipinski definition) is 1. The Morgan fingerprint density at radius 1 is 0.950 bits per heavy atom. The number of rotatable bonds is 2. The maximum absolute atomic E-state index is 6.06. The molecule has 0 saturated heterocycles. The summed E-state index contributed by atoms with van der Waals surface area (Å²) >= 11 is 12.0. The van der Waals surface area contributed by atoms with Gasteiger partial charge in [0, 0.05) is 28.2 Å². The minimum Gasteiger partial charge on any atom is -0.437 e. The zero-order chi connectivity index (χ0) is 14.1. The first-order chi connectivity index (χ1) is 9.61. The summed E-state index contributed by atoms with van der Waals surface area (Å²) in [6, 6.07) is 14.2. The van der Waals surface area contributed by atoms with Crippen LogP contribution in [-0.4, -0.2) is 4.98 Å². The van der Waals surface area contributed by atoms with Crippen molar-refractivity contribution in [2.45, 2.75) is 0 Å². The van der Waals surface area contributed by atoms with Gasteiger partial charge in [0.1, 0.15) is 5.75 Å². The molecular formula is C15H10Cl2N2O. The fourth-order valence-corrected chi connectivity index (χ4v) is 2.17. The number of nitrogens with two attached hydrogens (primary N) is 1. The molecule has 1 aromatic heterocycles. The van der Waals surface area contributed by atoms with Crippen LogP contribution in [-0.2, 0) is 0 Å². The van der Waals surface area contributed by atoms with E-state index >= 15 is 0 Å². The van der Waals surface area contributed by atoms with Crippen LogP contribution in [0.4, 0.5) is 5.69 Å². The monoisotopic (exact) mass is 304 g/mol. The van der Waals surface area contributed by atoms with E-state index in [9.17, 15) is 0 Å². The SMILES string of the molecule is Nc1ccc2nc(Oc3cc(Cl)ccc3Cl)ccc2c1. The zero-order valence-corrected chi connectivity index (χ0v) is 11.8. The van der Waals surface area contributed by atoms with Gasteiger partial charge < -0.3 is 10.5 Å². The Bertz CT molecular complexity index is 790. The Morgan fingerprint density at radius 3 is 2.65 bits per heavy atom. The first-order valence-electron chi connectivity index (χ1n) is 5.91. The van der Waals surface area contributed by atoms with Gasteiger partial charge in [-0.15, -0.1) is 0 Å². The quantitative estimate of drug-likeness (QED) is 0.684. The smallest absolute Gasteiger partial charge is 0.219 e. The lowest BCUT2D eigenvalue weighted by Crippen LogP contribution is -1.90. The largest absolute Gasteiger partial charge is 0.437 e. The van der Waals surface area contributed by atoms with Gasteiger partial charge in [-0.25, -0.2) is 4.98 Å². The normalized spacial score (nSPS) is 10.7. The number of pyridine rings is 1. The molecule has 0 radical (unpaired) electrons. The predicted molar refractivity (Wildman–Crippen MR) is 82.7 cm³/mol. The summed E-state index contributed by atoms with van der Waals surface area (Å²) in [4.78, 5) is 4.40. The number of nitrogens with zero attached hydrogens (tertiary/aromatic N) is 1. The number of benzene rings is 2. The molecule has 0 fully saturated rings. The second-order valence-corrected chi connectivity index (χ2v) is 5.12. The van der Waals surface area contributed by atoms with Crippen LogP contribution >= 0.6 is 23.2 Å². The Balaban J connectivity index is 1.98. The van der Waals surface area contributed by atoms with Crippen LogP contribution < -0.4 is 10.5 Å². The highest BCUT2D eigenvalue weighted by Crippen LogP contribution is 2.31. The van der Waals surface area contributed by atoms with E-state index in [1.165, 1.54) is 0 Å². The number of fused-ring (bicyclic) bond motifs is 1. The molecule has 1 heterocycles. The van der Waals surface area contributed by atoms with Crippen LogP contribution in [0.25, 0.3) is 10.9 Å². The minimum atomic E-state index is 0.450. The first kappa shape index (κ1) is 13.0. The number of nitrogen functional groups attached to an aromatic ring is 1. The van der Waals surface area contributed by atoms with E-state index in [-0.39, 0.29) is 0 Å². The van der Waals surface area contributed by atoms with Crippen LogP contribution in [0.15, 0.2) is 48.5 Å². The Labute approximate surface area is 125 Å². The van der Waals surface area contributed by atoms with Gasteiger partial charge in [0.05, 0.1) is 10.5 Å². The minimum absolute atomic E-state index is 0.450. The third kappa shape index (κ3) is 2.64. The highest BCUT2D eigenvalue weighted by molar-refractivity contribution is 6.34. The van der Waals surface area contributed by atoms with Crippen molar-refractivity contribution in [1.82, 2.24) is 4.98 Å². The van der Waals surface area contributed by atoms with Crippen molar-refractivity contribution in [3.63, 3.8) is 0 Å². The van der Waals surface area contributed by atoms with Gasteiger partial charge in [0.25, 0.3) is 0 Å². The molecule has 0 aliphatic rings. The highest BCUT2D eigenvalue weighted by Gasteiger charge is 2.06. The summed E-state index contributed by atoms with van der Waals surface area (Å²) in [5.41, 5.74) is 7.23. The Hall–Kier alpha value is -1.97. The summed E-state index contributed by atoms with van der Waals surface area (Å²) in [7, 11) is 0. The van der Waals surface area contributed by atoms with Crippen molar-refractivity contribution in [2.75, 3.05) is 5.73 Å². The van der Waals surface area contributed by atoms with Crippen molar-refractivity contribution >= 4 is 39.8 Å². The molecule has 0 spiro atoms. The molecule has 3 nitrogen and oxygen atoms in total. The molecule has 0 aliphatic heterocycles. The van der Waals surface area contributed by atoms with E-state index < -0.39 is 0 Å². The second kappa shape index (κ2) is 5.19. The second-order valence-electron chi connectivity index (χ2n) is 4.28. The van der Waals surface area contributed by atoms with E-state index in [2.05, 4.69) is 4.98 Å². The summed E-state index contributed by atoms with van der Waals surface area (Å²) in [6.07, 6.45) is 0. The summed E-state index contributed by atoms with van der Waals surface area (Å²) < 4.78 is 5.67. The molecule has 0 atom stereocenters.